The molecular weight excluding hydrogens is 344 g/mol. The van der Waals surface area contributed by atoms with E-state index in [4.69, 9.17) is 5.11 Å². The van der Waals surface area contributed by atoms with E-state index in [-0.39, 0.29) is 17.8 Å². The van der Waals surface area contributed by atoms with Crippen molar-refractivity contribution in [3.63, 3.8) is 0 Å². The van der Waals surface area contributed by atoms with Crippen LogP contribution in [0.2, 0.25) is 0 Å². The van der Waals surface area contributed by atoms with Crippen LogP contribution in [0.15, 0.2) is 12.2 Å². The summed E-state index contributed by atoms with van der Waals surface area (Å²) >= 11 is 0. The van der Waals surface area contributed by atoms with Crippen LogP contribution in [-0.4, -0.2) is 45.7 Å². The van der Waals surface area contributed by atoms with Gasteiger partial charge in [-0.05, 0) is 38.0 Å². The van der Waals surface area contributed by atoms with Crippen molar-refractivity contribution in [2.75, 3.05) is 6.61 Å². The maximum absolute atomic E-state index is 12.2. The maximum Gasteiger partial charge on any atom is 0.163 e. The molecule has 0 bridgehead atoms. The van der Waals surface area contributed by atoms with E-state index in [9.17, 15) is 19.8 Å². The van der Waals surface area contributed by atoms with E-state index in [1.807, 2.05) is 0 Å². The number of carbonyl (C=O) groups is 2. The third-order valence-electron chi connectivity index (χ3n) is 5.57. The number of hydrogen-bond acceptors (Lipinski definition) is 5. The second kappa shape index (κ2) is 14.0. The fourth-order valence-electron chi connectivity index (χ4n) is 3.79. The molecule has 4 atom stereocenters. The van der Waals surface area contributed by atoms with Crippen LogP contribution in [0.3, 0.4) is 0 Å². The van der Waals surface area contributed by atoms with E-state index >= 15 is 0 Å². The van der Waals surface area contributed by atoms with E-state index in [0.29, 0.717) is 37.4 Å². The third-order valence-corrected chi connectivity index (χ3v) is 5.57. The zero-order valence-corrected chi connectivity index (χ0v) is 16.8. The number of aliphatic hydroxyl groups is 3. The van der Waals surface area contributed by atoms with Crippen LogP contribution in [0.5, 0.6) is 0 Å². The fourth-order valence-corrected chi connectivity index (χ4v) is 3.79. The van der Waals surface area contributed by atoms with Gasteiger partial charge in [-0.1, -0.05) is 51.2 Å². The second-order valence-corrected chi connectivity index (χ2v) is 7.85. The first-order valence-corrected chi connectivity index (χ1v) is 10.7. The van der Waals surface area contributed by atoms with Gasteiger partial charge in [-0.3, -0.25) is 9.59 Å². The van der Waals surface area contributed by atoms with E-state index in [1.54, 1.807) is 0 Å². The van der Waals surface area contributed by atoms with Gasteiger partial charge in [-0.15, -0.1) is 0 Å². The van der Waals surface area contributed by atoms with Crippen LogP contribution in [0.1, 0.15) is 84.0 Å². The van der Waals surface area contributed by atoms with Gasteiger partial charge < -0.3 is 15.3 Å². The third kappa shape index (κ3) is 9.63. The minimum atomic E-state index is -1.24. The number of hydrogen-bond donors (Lipinski definition) is 3. The average molecular weight is 383 g/mol. The monoisotopic (exact) mass is 382 g/mol. The minimum absolute atomic E-state index is 0.104. The van der Waals surface area contributed by atoms with Gasteiger partial charge in [0, 0.05) is 18.8 Å². The molecule has 0 aromatic rings. The van der Waals surface area contributed by atoms with E-state index in [1.165, 1.54) is 0 Å². The molecule has 0 saturated heterocycles. The standard InChI is InChI=1S/C22H38O5/c1-2-3-10-18(24)11-8-9-17-14-15-20(25)19(17)12-6-4-5-7-13-21(26)22(27)16-23/h8-9,17-19,22-24,27H,2-7,10-16H2,1H3/t17-,18?,19+,22?/m0/s1. The van der Waals surface area contributed by atoms with E-state index < -0.39 is 12.7 Å². The van der Waals surface area contributed by atoms with Crippen LogP contribution >= 0.6 is 0 Å². The summed E-state index contributed by atoms with van der Waals surface area (Å²) in [6.45, 7) is 1.61. The highest BCUT2D eigenvalue weighted by molar-refractivity contribution is 5.83. The normalized spacial score (nSPS) is 22.4. The average Bonchev–Trinajstić information content (AvgIpc) is 3.01. The van der Waals surface area contributed by atoms with Crippen LogP contribution in [0, 0.1) is 11.8 Å². The number of Topliss-reactive ketones (excluding diaryl/α,β-unsaturated/α-hetero) is 2. The summed E-state index contributed by atoms with van der Waals surface area (Å²) in [5.41, 5.74) is 0. The predicted molar refractivity (Wildman–Crippen MR) is 106 cm³/mol. The lowest BCUT2D eigenvalue weighted by atomic mass is 9.89. The Kier molecular flexibility index (Phi) is 12.5. The Morgan fingerprint density at radius 1 is 1.19 bits per heavy atom. The minimum Gasteiger partial charge on any atom is -0.393 e. The van der Waals surface area contributed by atoms with Gasteiger partial charge in [0.05, 0.1) is 12.7 Å². The highest BCUT2D eigenvalue weighted by Crippen LogP contribution is 2.34. The molecule has 1 saturated carbocycles. The zero-order chi connectivity index (χ0) is 20.1. The molecule has 0 radical (unpaired) electrons. The summed E-state index contributed by atoms with van der Waals surface area (Å²) in [6, 6.07) is 0. The van der Waals surface area contributed by atoms with Crippen molar-refractivity contribution in [1.29, 1.82) is 0 Å². The molecular formula is C22H38O5. The van der Waals surface area contributed by atoms with Crippen molar-refractivity contribution in [2.45, 2.75) is 96.2 Å². The van der Waals surface area contributed by atoms with Gasteiger partial charge >= 0.3 is 0 Å². The summed E-state index contributed by atoms with van der Waals surface area (Å²) < 4.78 is 0. The first-order valence-electron chi connectivity index (χ1n) is 10.7. The smallest absolute Gasteiger partial charge is 0.163 e. The maximum atomic E-state index is 12.2. The van der Waals surface area contributed by atoms with Crippen LogP contribution in [-0.2, 0) is 9.59 Å². The van der Waals surface area contributed by atoms with Crippen molar-refractivity contribution in [2.24, 2.45) is 11.8 Å². The van der Waals surface area contributed by atoms with Crippen LogP contribution in [0.4, 0.5) is 0 Å². The number of aliphatic hydroxyl groups excluding tert-OH is 3. The molecule has 0 heterocycles. The summed E-state index contributed by atoms with van der Waals surface area (Å²) in [7, 11) is 0. The molecule has 3 N–H and O–H groups in total. The summed E-state index contributed by atoms with van der Waals surface area (Å²) in [6.07, 6.45) is 12.6. The van der Waals surface area contributed by atoms with E-state index in [2.05, 4.69) is 19.1 Å². The Balaban J connectivity index is 2.23. The Morgan fingerprint density at radius 3 is 2.63 bits per heavy atom. The van der Waals surface area contributed by atoms with Crippen molar-refractivity contribution < 1.29 is 24.9 Å². The van der Waals surface area contributed by atoms with Crippen molar-refractivity contribution in [3.8, 4) is 0 Å². The molecule has 0 aromatic heterocycles. The SMILES string of the molecule is CCCCC(O)CC=C[C@H]1CCC(=O)[C@@H]1CCCCCCC(=O)C(O)CO. The van der Waals surface area contributed by atoms with Gasteiger partial charge in [-0.25, -0.2) is 0 Å². The second-order valence-electron chi connectivity index (χ2n) is 7.85. The van der Waals surface area contributed by atoms with Gasteiger partial charge in [-0.2, -0.15) is 0 Å². The highest BCUT2D eigenvalue weighted by atomic mass is 16.3. The largest absolute Gasteiger partial charge is 0.393 e. The molecule has 0 spiro atoms. The lowest BCUT2D eigenvalue weighted by Crippen LogP contribution is -2.23. The molecule has 0 aliphatic heterocycles. The molecule has 5 heteroatoms. The van der Waals surface area contributed by atoms with Crippen molar-refractivity contribution >= 4 is 11.6 Å². The Hall–Kier alpha value is -1.04. The number of ketones is 2. The summed E-state index contributed by atoms with van der Waals surface area (Å²) in [5, 5.41) is 27.9. The lowest BCUT2D eigenvalue weighted by molar-refractivity contribution is -0.129. The summed E-state index contributed by atoms with van der Waals surface area (Å²) in [4.78, 5) is 23.6. The molecule has 27 heavy (non-hydrogen) atoms. The molecule has 2 unspecified atom stereocenters. The molecule has 1 aliphatic rings. The number of rotatable bonds is 15. The molecule has 156 valence electrons. The van der Waals surface area contributed by atoms with Crippen molar-refractivity contribution in [3.05, 3.63) is 12.2 Å². The van der Waals surface area contributed by atoms with Crippen LogP contribution < -0.4 is 0 Å². The molecule has 0 amide bonds. The first kappa shape index (κ1) is 24.0. The summed E-state index contributed by atoms with van der Waals surface area (Å²) in [5.74, 6) is 0.469. The van der Waals surface area contributed by atoms with E-state index in [0.717, 1.165) is 51.4 Å². The van der Waals surface area contributed by atoms with Gasteiger partial charge in [0.1, 0.15) is 11.9 Å². The Labute approximate surface area is 163 Å². The quantitative estimate of drug-likeness (QED) is 0.298. The first-order chi connectivity index (χ1) is 13.0. The molecule has 1 fully saturated rings. The Morgan fingerprint density at radius 2 is 1.93 bits per heavy atom. The van der Waals surface area contributed by atoms with Crippen LogP contribution in [0.25, 0.3) is 0 Å². The number of carbonyl (C=O) groups excluding carboxylic acids is 2. The fraction of sp³-hybridized carbons (Fsp3) is 0.818. The highest BCUT2D eigenvalue weighted by Gasteiger charge is 2.32. The molecule has 0 aromatic carbocycles. The lowest BCUT2D eigenvalue weighted by Gasteiger charge is -2.15. The van der Waals surface area contributed by atoms with Crippen molar-refractivity contribution in [1.82, 2.24) is 0 Å². The molecule has 1 aliphatic carbocycles. The zero-order valence-electron chi connectivity index (χ0n) is 16.8. The van der Waals surface area contributed by atoms with Gasteiger partial charge in [0.15, 0.2) is 5.78 Å². The van der Waals surface area contributed by atoms with Gasteiger partial charge in [0.25, 0.3) is 0 Å². The predicted octanol–water partition coefficient (Wildman–Crippen LogP) is 3.34. The van der Waals surface area contributed by atoms with Gasteiger partial charge in [0.2, 0.25) is 0 Å². The molecule has 5 nitrogen and oxygen atoms in total. The number of allylic oxidation sites excluding steroid dienone is 1. The Bertz CT molecular complexity index is 460. The molecule has 1 rings (SSSR count). The topological polar surface area (TPSA) is 94.8 Å². The number of unbranched alkanes of at least 4 members (excludes halogenated alkanes) is 4.